The second kappa shape index (κ2) is 5.28. The predicted molar refractivity (Wildman–Crippen MR) is 75.1 cm³/mol. The smallest absolute Gasteiger partial charge is 0.251 e. The lowest BCUT2D eigenvalue weighted by atomic mass is 9.97. The molecule has 104 valence electrons. The first-order chi connectivity index (χ1) is 8.97. The molecular weight excluding hydrogens is 262 g/mol. The molecule has 0 aromatic carbocycles. The van der Waals surface area contributed by atoms with Crippen LogP contribution in [0.15, 0.2) is 6.20 Å². The van der Waals surface area contributed by atoms with Crippen LogP contribution in [-0.2, 0) is 9.59 Å². The highest BCUT2D eigenvalue weighted by molar-refractivity contribution is 7.15. The molecule has 5 nitrogen and oxygen atoms in total. The maximum Gasteiger partial charge on any atom is 0.251 e. The number of carbonyl (C=O) groups is 2. The van der Waals surface area contributed by atoms with Crippen LogP contribution in [-0.4, -0.2) is 33.8 Å². The first-order valence-corrected chi connectivity index (χ1v) is 7.33. The van der Waals surface area contributed by atoms with Crippen molar-refractivity contribution in [1.29, 1.82) is 0 Å². The summed E-state index contributed by atoms with van der Waals surface area (Å²) < 4.78 is 0. The van der Waals surface area contributed by atoms with Crippen LogP contribution in [0.3, 0.4) is 0 Å². The molecule has 19 heavy (non-hydrogen) atoms. The fourth-order valence-corrected chi connectivity index (χ4v) is 3.09. The molecule has 1 unspecified atom stereocenters. The van der Waals surface area contributed by atoms with Crippen LogP contribution in [0.4, 0.5) is 5.13 Å². The van der Waals surface area contributed by atoms with E-state index in [1.807, 2.05) is 20.8 Å². The zero-order chi connectivity index (χ0) is 14.0. The molecule has 1 aromatic heterocycles. The number of thiazole rings is 1. The van der Waals surface area contributed by atoms with Gasteiger partial charge in [-0.25, -0.2) is 4.98 Å². The maximum atomic E-state index is 12.4. The molecule has 1 saturated heterocycles. The average molecular weight is 281 g/mol. The minimum atomic E-state index is -0.743. The summed E-state index contributed by atoms with van der Waals surface area (Å²) in [5.41, 5.74) is -0.743. The van der Waals surface area contributed by atoms with Gasteiger partial charge in [0.15, 0.2) is 5.13 Å². The third-order valence-electron chi connectivity index (χ3n) is 3.58. The summed E-state index contributed by atoms with van der Waals surface area (Å²) in [6, 6.07) is 0. The highest BCUT2D eigenvalue weighted by Crippen LogP contribution is 2.31. The molecule has 1 aromatic rings. The van der Waals surface area contributed by atoms with E-state index >= 15 is 0 Å². The Morgan fingerprint density at radius 3 is 2.89 bits per heavy atom. The summed E-state index contributed by atoms with van der Waals surface area (Å²) in [5, 5.41) is 3.43. The molecular formula is C13H19N3O2S. The molecule has 0 saturated carbocycles. The van der Waals surface area contributed by atoms with Gasteiger partial charge in [0.1, 0.15) is 5.54 Å². The summed E-state index contributed by atoms with van der Waals surface area (Å²) in [5.74, 6) is -0.105. The first kappa shape index (κ1) is 14.0. The van der Waals surface area contributed by atoms with Crippen molar-refractivity contribution in [2.45, 2.75) is 45.6 Å². The average Bonchev–Trinajstić information content (AvgIpc) is 2.96. The third-order valence-corrected chi connectivity index (χ3v) is 4.40. The highest BCUT2D eigenvalue weighted by Gasteiger charge is 2.45. The van der Waals surface area contributed by atoms with Gasteiger partial charge in [-0.05, 0) is 26.7 Å². The Morgan fingerprint density at radius 1 is 1.58 bits per heavy atom. The van der Waals surface area contributed by atoms with Crippen LogP contribution in [0, 0.1) is 6.92 Å². The summed E-state index contributed by atoms with van der Waals surface area (Å²) in [6.07, 6.45) is 3.73. The Balaban J connectivity index is 2.14. The van der Waals surface area contributed by atoms with Gasteiger partial charge < -0.3 is 4.90 Å². The molecule has 0 bridgehead atoms. The lowest BCUT2D eigenvalue weighted by Crippen LogP contribution is -2.53. The van der Waals surface area contributed by atoms with Gasteiger partial charge in [0.2, 0.25) is 5.91 Å². The van der Waals surface area contributed by atoms with E-state index in [1.165, 1.54) is 11.3 Å². The Morgan fingerprint density at radius 2 is 2.32 bits per heavy atom. The normalized spacial score (nSPS) is 22.6. The second-order valence-corrected chi connectivity index (χ2v) is 6.24. The van der Waals surface area contributed by atoms with Crippen molar-refractivity contribution in [2.75, 3.05) is 11.9 Å². The molecule has 2 rings (SSSR count). The minimum absolute atomic E-state index is 0.0328. The molecule has 2 amide bonds. The Labute approximate surface area is 117 Å². The van der Waals surface area contributed by atoms with Crippen LogP contribution >= 0.6 is 11.3 Å². The van der Waals surface area contributed by atoms with Gasteiger partial charge in [-0.1, -0.05) is 6.92 Å². The molecule has 6 heteroatoms. The van der Waals surface area contributed by atoms with Crippen molar-refractivity contribution in [1.82, 2.24) is 9.88 Å². The second-order valence-electron chi connectivity index (χ2n) is 5.01. The number of aryl methyl sites for hydroxylation is 1. The minimum Gasteiger partial charge on any atom is -0.328 e. The molecule has 1 aliphatic rings. The molecule has 0 aliphatic carbocycles. The molecule has 0 radical (unpaired) electrons. The van der Waals surface area contributed by atoms with Crippen LogP contribution in [0.2, 0.25) is 0 Å². The van der Waals surface area contributed by atoms with E-state index in [4.69, 9.17) is 0 Å². The Kier molecular flexibility index (Phi) is 3.89. The summed E-state index contributed by atoms with van der Waals surface area (Å²) in [6.45, 7) is 6.26. The number of amides is 2. The van der Waals surface area contributed by atoms with Gasteiger partial charge in [-0.15, -0.1) is 11.3 Å². The third kappa shape index (κ3) is 2.63. The van der Waals surface area contributed by atoms with Crippen LogP contribution in [0.5, 0.6) is 0 Å². The first-order valence-electron chi connectivity index (χ1n) is 6.51. The number of nitrogens with zero attached hydrogens (tertiary/aromatic N) is 2. The topological polar surface area (TPSA) is 62.3 Å². The summed E-state index contributed by atoms with van der Waals surface area (Å²) in [4.78, 5) is 31.2. The standard InChI is InChI=1S/C13H19N3O2S/c1-4-10(17)16-7-5-6-13(16,3)11(18)15-12-14-8-9(2)19-12/h8H,4-7H2,1-3H3,(H,14,15,18). The van der Waals surface area contributed by atoms with Crippen molar-refractivity contribution in [3.63, 3.8) is 0 Å². The van der Waals surface area contributed by atoms with E-state index < -0.39 is 5.54 Å². The van der Waals surface area contributed by atoms with Gasteiger partial charge in [-0.2, -0.15) is 0 Å². The van der Waals surface area contributed by atoms with Gasteiger partial charge in [0.05, 0.1) is 0 Å². The van der Waals surface area contributed by atoms with Crippen molar-refractivity contribution in [3.8, 4) is 0 Å². The quantitative estimate of drug-likeness (QED) is 0.923. The number of carbonyl (C=O) groups excluding carboxylic acids is 2. The zero-order valence-corrected chi connectivity index (χ0v) is 12.3. The zero-order valence-electron chi connectivity index (χ0n) is 11.5. The molecule has 1 N–H and O–H groups in total. The van der Waals surface area contributed by atoms with Crippen molar-refractivity contribution < 1.29 is 9.59 Å². The highest BCUT2D eigenvalue weighted by atomic mass is 32.1. The van der Waals surface area contributed by atoms with E-state index in [9.17, 15) is 9.59 Å². The molecule has 2 heterocycles. The largest absolute Gasteiger partial charge is 0.328 e. The number of rotatable bonds is 3. The van der Waals surface area contributed by atoms with Crippen LogP contribution in [0.25, 0.3) is 0 Å². The van der Waals surface area contributed by atoms with E-state index in [1.54, 1.807) is 11.1 Å². The van der Waals surface area contributed by atoms with E-state index in [0.717, 1.165) is 11.3 Å². The van der Waals surface area contributed by atoms with E-state index in [-0.39, 0.29) is 11.8 Å². The number of likely N-dealkylation sites (tertiary alicyclic amines) is 1. The van der Waals surface area contributed by atoms with Crippen molar-refractivity contribution in [3.05, 3.63) is 11.1 Å². The summed E-state index contributed by atoms with van der Waals surface area (Å²) in [7, 11) is 0. The number of hydrogen-bond acceptors (Lipinski definition) is 4. The van der Waals surface area contributed by atoms with Crippen molar-refractivity contribution in [2.24, 2.45) is 0 Å². The molecule has 0 spiro atoms. The van der Waals surface area contributed by atoms with Gasteiger partial charge in [0, 0.05) is 24.0 Å². The Bertz CT molecular complexity index is 500. The number of hydrogen-bond donors (Lipinski definition) is 1. The lowest BCUT2D eigenvalue weighted by Gasteiger charge is -2.33. The molecule has 1 aliphatic heterocycles. The van der Waals surface area contributed by atoms with Crippen LogP contribution in [0.1, 0.15) is 38.0 Å². The van der Waals surface area contributed by atoms with Gasteiger partial charge in [0.25, 0.3) is 5.91 Å². The van der Waals surface area contributed by atoms with Crippen LogP contribution < -0.4 is 5.32 Å². The molecule has 1 atom stereocenters. The number of nitrogens with one attached hydrogen (secondary N) is 1. The fourth-order valence-electron chi connectivity index (χ4n) is 2.43. The number of aromatic nitrogens is 1. The molecule has 1 fully saturated rings. The fraction of sp³-hybridized carbons (Fsp3) is 0.615. The predicted octanol–water partition coefficient (Wildman–Crippen LogP) is 2.18. The number of anilines is 1. The Hall–Kier alpha value is -1.43. The SMILES string of the molecule is CCC(=O)N1CCCC1(C)C(=O)Nc1ncc(C)s1. The summed E-state index contributed by atoms with van der Waals surface area (Å²) >= 11 is 1.44. The lowest BCUT2D eigenvalue weighted by molar-refractivity contribution is -0.141. The monoisotopic (exact) mass is 281 g/mol. The van der Waals surface area contributed by atoms with E-state index in [2.05, 4.69) is 10.3 Å². The van der Waals surface area contributed by atoms with Gasteiger partial charge in [-0.3, -0.25) is 14.9 Å². The van der Waals surface area contributed by atoms with Gasteiger partial charge >= 0.3 is 0 Å². The van der Waals surface area contributed by atoms with E-state index in [0.29, 0.717) is 24.5 Å². The van der Waals surface area contributed by atoms with Crippen molar-refractivity contribution >= 4 is 28.3 Å². The maximum absolute atomic E-state index is 12.4.